The molecule has 1 saturated carbocycles. The summed E-state index contributed by atoms with van der Waals surface area (Å²) >= 11 is 0. The number of piperidine rings is 1. The molecule has 212 valence electrons. The first kappa shape index (κ1) is 26.0. The van der Waals surface area contributed by atoms with Gasteiger partial charge in [0.2, 0.25) is 0 Å². The van der Waals surface area contributed by atoms with Crippen molar-refractivity contribution in [3.63, 3.8) is 0 Å². The number of carbonyl (C=O) groups is 1. The van der Waals surface area contributed by atoms with E-state index < -0.39 is 17.7 Å². The van der Waals surface area contributed by atoms with Crippen LogP contribution >= 0.6 is 0 Å². The number of pyridine rings is 1. The largest absolute Gasteiger partial charge is 0.478 e. The number of rotatable bonds is 7. The maximum atomic E-state index is 13.8. The standard InChI is InChI=1S/C31H28F3N3O4/c32-31(33,34)25-4-2-1-3-23(25)28-24(29(41-36-28)17-5-6-17)16-40-22-14-20-9-10-21(15-22)37(20)27-12-8-18-13-19(30(38)39)7-11-26(18)35-27/h1-4,7-8,11-13,17,20-22H,5-6,9-10,14-16H2,(H,38,39). The molecule has 1 N–H and O–H groups in total. The number of nitrogens with zero attached hydrogens (tertiary/aromatic N) is 3. The van der Waals surface area contributed by atoms with Gasteiger partial charge in [-0.1, -0.05) is 23.4 Å². The Labute approximate surface area is 233 Å². The molecule has 2 aromatic carbocycles. The lowest BCUT2D eigenvalue weighted by atomic mass is 9.98. The first-order chi connectivity index (χ1) is 19.8. The van der Waals surface area contributed by atoms with E-state index >= 15 is 0 Å². The fourth-order valence-corrected chi connectivity index (χ4v) is 6.51. The van der Waals surface area contributed by atoms with Crippen molar-refractivity contribution in [3.05, 3.63) is 77.0 Å². The lowest BCUT2D eigenvalue weighted by molar-refractivity contribution is -0.137. The molecule has 0 amide bonds. The molecule has 0 radical (unpaired) electrons. The van der Waals surface area contributed by atoms with Crippen molar-refractivity contribution < 1.29 is 32.3 Å². The molecule has 10 heteroatoms. The molecule has 0 spiro atoms. The number of aromatic carboxylic acids is 1. The Morgan fingerprint density at radius 3 is 2.49 bits per heavy atom. The second-order valence-corrected chi connectivity index (χ2v) is 11.3. The highest BCUT2D eigenvalue weighted by Gasteiger charge is 2.43. The third kappa shape index (κ3) is 4.84. The number of hydrogen-bond acceptors (Lipinski definition) is 6. The topological polar surface area (TPSA) is 88.7 Å². The van der Waals surface area contributed by atoms with Crippen LogP contribution in [0.15, 0.2) is 59.1 Å². The summed E-state index contributed by atoms with van der Waals surface area (Å²) in [5.41, 5.74) is 1.10. The fraction of sp³-hybridized carbons (Fsp3) is 0.387. The molecule has 2 aliphatic heterocycles. The van der Waals surface area contributed by atoms with E-state index in [2.05, 4.69) is 10.1 Å². The predicted octanol–water partition coefficient (Wildman–Crippen LogP) is 7.20. The van der Waals surface area contributed by atoms with Crippen LogP contribution < -0.4 is 4.90 Å². The van der Waals surface area contributed by atoms with Crippen LogP contribution in [0.25, 0.3) is 22.2 Å². The van der Waals surface area contributed by atoms with Gasteiger partial charge in [0.15, 0.2) is 0 Å². The first-order valence-corrected chi connectivity index (χ1v) is 14.0. The van der Waals surface area contributed by atoms with Crippen LogP contribution in [-0.4, -0.2) is 39.4 Å². The Morgan fingerprint density at radius 2 is 1.78 bits per heavy atom. The molecular weight excluding hydrogens is 535 g/mol. The van der Waals surface area contributed by atoms with E-state index in [1.807, 2.05) is 12.1 Å². The molecule has 3 fully saturated rings. The number of aromatic nitrogens is 2. The predicted molar refractivity (Wildman–Crippen MR) is 145 cm³/mol. The monoisotopic (exact) mass is 563 g/mol. The minimum absolute atomic E-state index is 0.0157. The van der Waals surface area contributed by atoms with Crippen LogP contribution in [0.3, 0.4) is 0 Å². The molecule has 4 heterocycles. The van der Waals surface area contributed by atoms with Gasteiger partial charge >= 0.3 is 12.1 Å². The zero-order chi connectivity index (χ0) is 28.3. The first-order valence-electron chi connectivity index (χ1n) is 14.0. The van der Waals surface area contributed by atoms with E-state index in [1.165, 1.54) is 12.1 Å². The summed E-state index contributed by atoms with van der Waals surface area (Å²) in [4.78, 5) is 18.5. The van der Waals surface area contributed by atoms with Gasteiger partial charge in [-0.3, -0.25) is 0 Å². The summed E-state index contributed by atoms with van der Waals surface area (Å²) in [5, 5.41) is 14.2. The van der Waals surface area contributed by atoms with E-state index in [-0.39, 0.29) is 47.5 Å². The third-order valence-electron chi connectivity index (χ3n) is 8.59. The highest BCUT2D eigenvalue weighted by Crippen LogP contribution is 2.46. The van der Waals surface area contributed by atoms with Gasteiger partial charge < -0.3 is 19.3 Å². The minimum Gasteiger partial charge on any atom is -0.478 e. The van der Waals surface area contributed by atoms with Crippen molar-refractivity contribution in [2.75, 3.05) is 4.90 Å². The number of carboxylic acids is 1. The van der Waals surface area contributed by atoms with Gasteiger partial charge in [0.05, 0.1) is 29.4 Å². The molecule has 2 saturated heterocycles. The highest BCUT2D eigenvalue weighted by molar-refractivity contribution is 5.93. The summed E-state index contributed by atoms with van der Waals surface area (Å²) in [6.45, 7) is 0.154. The smallest absolute Gasteiger partial charge is 0.417 e. The number of hydrogen-bond donors (Lipinski definition) is 1. The van der Waals surface area contributed by atoms with Crippen LogP contribution in [0.5, 0.6) is 0 Å². The van der Waals surface area contributed by atoms with Gasteiger partial charge in [-0.15, -0.1) is 0 Å². The summed E-state index contributed by atoms with van der Waals surface area (Å²) in [6, 6.07) is 14.8. The van der Waals surface area contributed by atoms with Crippen molar-refractivity contribution >= 4 is 22.7 Å². The van der Waals surface area contributed by atoms with Gasteiger partial charge in [-0.05, 0) is 74.9 Å². The van der Waals surface area contributed by atoms with Crippen LogP contribution in [0.1, 0.15) is 71.7 Å². The minimum atomic E-state index is -4.51. The lowest BCUT2D eigenvalue weighted by Crippen LogP contribution is -2.46. The van der Waals surface area contributed by atoms with Crippen LogP contribution in [-0.2, 0) is 17.5 Å². The fourth-order valence-electron chi connectivity index (χ4n) is 6.51. The molecule has 4 aromatic rings. The molecular formula is C31H28F3N3O4. The summed E-state index contributed by atoms with van der Waals surface area (Å²) in [5.74, 6) is 0.719. The Balaban J connectivity index is 1.10. The Hall–Kier alpha value is -3.92. The number of alkyl halides is 3. The molecule has 2 atom stereocenters. The van der Waals surface area contributed by atoms with Crippen LogP contribution in [0, 0.1) is 0 Å². The Kier molecular flexibility index (Phi) is 6.26. The van der Waals surface area contributed by atoms with Gasteiger partial charge in [-0.25, -0.2) is 9.78 Å². The number of carboxylic acid groups (broad SMARTS) is 1. The molecule has 2 aromatic heterocycles. The maximum absolute atomic E-state index is 13.8. The van der Waals surface area contributed by atoms with E-state index in [0.717, 1.165) is 61.3 Å². The Bertz CT molecular complexity index is 1620. The number of ether oxygens (including phenoxy) is 1. The highest BCUT2D eigenvalue weighted by atomic mass is 19.4. The number of anilines is 1. The van der Waals surface area contributed by atoms with E-state index in [9.17, 15) is 23.1 Å². The average molecular weight is 564 g/mol. The normalized spacial score (nSPS) is 22.4. The maximum Gasteiger partial charge on any atom is 0.417 e. The van der Waals surface area contributed by atoms with Crippen molar-refractivity contribution in [1.29, 1.82) is 0 Å². The molecule has 3 aliphatic rings. The van der Waals surface area contributed by atoms with Crippen LogP contribution in [0.2, 0.25) is 0 Å². The quantitative estimate of drug-likeness (QED) is 0.254. The number of benzene rings is 2. The van der Waals surface area contributed by atoms with Crippen molar-refractivity contribution in [3.8, 4) is 11.3 Å². The summed E-state index contributed by atoms with van der Waals surface area (Å²) in [7, 11) is 0. The van der Waals surface area contributed by atoms with Crippen molar-refractivity contribution in [1.82, 2.24) is 10.1 Å². The average Bonchev–Trinajstić information content (AvgIpc) is 3.66. The van der Waals surface area contributed by atoms with Gasteiger partial charge in [-0.2, -0.15) is 13.2 Å². The number of halogens is 3. The van der Waals surface area contributed by atoms with Gasteiger partial charge in [0, 0.05) is 34.5 Å². The Morgan fingerprint density at radius 1 is 1.02 bits per heavy atom. The molecule has 2 bridgehead atoms. The van der Waals surface area contributed by atoms with Gasteiger partial charge in [0.25, 0.3) is 0 Å². The second kappa shape index (κ2) is 9.87. The summed E-state index contributed by atoms with van der Waals surface area (Å²) in [6.07, 6.45) is 0.895. The zero-order valence-corrected chi connectivity index (χ0v) is 22.1. The molecule has 1 aliphatic carbocycles. The molecule has 7 rings (SSSR count). The van der Waals surface area contributed by atoms with E-state index in [4.69, 9.17) is 14.2 Å². The lowest BCUT2D eigenvalue weighted by Gasteiger charge is -2.39. The van der Waals surface area contributed by atoms with Crippen molar-refractivity contribution in [2.24, 2.45) is 0 Å². The second-order valence-electron chi connectivity index (χ2n) is 11.3. The molecule has 41 heavy (non-hydrogen) atoms. The SMILES string of the molecule is O=C(O)c1ccc2nc(N3C4CCC3CC(OCc3c(-c5ccccc5C(F)(F)F)noc3C3CC3)C4)ccc2c1. The van der Waals surface area contributed by atoms with E-state index in [1.54, 1.807) is 24.3 Å². The van der Waals surface area contributed by atoms with Gasteiger partial charge in [0.1, 0.15) is 17.3 Å². The third-order valence-corrected chi connectivity index (χ3v) is 8.59. The summed E-state index contributed by atoms with van der Waals surface area (Å²) < 4.78 is 53.4. The van der Waals surface area contributed by atoms with Crippen LogP contribution in [0.4, 0.5) is 19.0 Å². The zero-order valence-electron chi connectivity index (χ0n) is 22.1. The van der Waals surface area contributed by atoms with E-state index in [0.29, 0.717) is 11.3 Å². The van der Waals surface area contributed by atoms with Crippen molar-refractivity contribution in [2.45, 2.75) is 75.4 Å². The molecule has 2 unspecified atom stereocenters. The molecule has 7 nitrogen and oxygen atoms in total. The number of fused-ring (bicyclic) bond motifs is 3.